The van der Waals surface area contributed by atoms with E-state index in [-0.39, 0.29) is 13.0 Å². The van der Waals surface area contributed by atoms with Gasteiger partial charge < -0.3 is 15.3 Å². The Hall–Kier alpha value is -2.09. The fraction of sp³-hybridized carbons (Fsp3) is 0.500. The number of likely N-dealkylation sites (tertiary alicyclic amines) is 1. The van der Waals surface area contributed by atoms with E-state index in [1.54, 1.807) is 12.1 Å². The zero-order valence-electron chi connectivity index (χ0n) is 12.7. The number of hydrogen-bond donors (Lipinski definition) is 2. The SMILES string of the molecule is O=C(N[C@H]1c2ccccc2C[C@H]1O)C1CC(=O)N(CC(F)(F)F)C1. The first kappa shape index (κ1) is 16.8. The highest BCUT2D eigenvalue weighted by molar-refractivity contribution is 5.89. The van der Waals surface area contributed by atoms with Crippen LogP contribution in [0, 0.1) is 5.92 Å². The Balaban J connectivity index is 1.65. The van der Waals surface area contributed by atoms with E-state index in [1.165, 1.54) is 0 Å². The van der Waals surface area contributed by atoms with Crippen LogP contribution in [0.4, 0.5) is 13.2 Å². The number of carbonyl (C=O) groups excluding carboxylic acids is 2. The lowest BCUT2D eigenvalue weighted by Crippen LogP contribution is -2.40. The summed E-state index contributed by atoms with van der Waals surface area (Å²) in [6.07, 6.45) is -5.10. The van der Waals surface area contributed by atoms with Gasteiger partial charge in [-0.05, 0) is 11.1 Å². The van der Waals surface area contributed by atoms with E-state index in [9.17, 15) is 27.9 Å². The molecule has 0 spiro atoms. The van der Waals surface area contributed by atoms with Gasteiger partial charge in [0.2, 0.25) is 11.8 Å². The summed E-state index contributed by atoms with van der Waals surface area (Å²) in [5.41, 5.74) is 1.73. The Morgan fingerprint density at radius 1 is 1.29 bits per heavy atom. The van der Waals surface area contributed by atoms with Gasteiger partial charge in [-0.2, -0.15) is 13.2 Å². The molecule has 2 amide bonds. The topological polar surface area (TPSA) is 69.6 Å². The van der Waals surface area contributed by atoms with Crippen molar-refractivity contribution in [1.29, 1.82) is 0 Å². The molecule has 1 heterocycles. The monoisotopic (exact) mass is 342 g/mol. The third kappa shape index (κ3) is 3.38. The van der Waals surface area contributed by atoms with Gasteiger partial charge in [0.25, 0.3) is 0 Å². The van der Waals surface area contributed by atoms with Gasteiger partial charge in [0.15, 0.2) is 0 Å². The van der Waals surface area contributed by atoms with E-state index in [4.69, 9.17) is 0 Å². The Labute approximate surface area is 136 Å². The minimum absolute atomic E-state index is 0.244. The fourth-order valence-corrected chi connectivity index (χ4v) is 3.34. The molecular formula is C16H17F3N2O3. The maximum absolute atomic E-state index is 12.4. The highest BCUT2D eigenvalue weighted by Crippen LogP contribution is 2.32. The Morgan fingerprint density at radius 2 is 2.00 bits per heavy atom. The van der Waals surface area contributed by atoms with Gasteiger partial charge >= 0.3 is 6.18 Å². The van der Waals surface area contributed by atoms with E-state index in [1.807, 2.05) is 12.1 Å². The molecule has 1 aliphatic carbocycles. The van der Waals surface area contributed by atoms with Gasteiger partial charge in [-0.25, -0.2) is 0 Å². The maximum Gasteiger partial charge on any atom is 0.406 e. The van der Waals surface area contributed by atoms with Crippen molar-refractivity contribution in [3.05, 3.63) is 35.4 Å². The first-order valence-electron chi connectivity index (χ1n) is 7.65. The van der Waals surface area contributed by atoms with Crippen LogP contribution in [-0.4, -0.2) is 47.2 Å². The molecule has 1 aliphatic heterocycles. The zero-order chi connectivity index (χ0) is 17.5. The number of benzene rings is 1. The summed E-state index contributed by atoms with van der Waals surface area (Å²) in [5, 5.41) is 12.8. The number of aliphatic hydroxyl groups is 1. The number of hydrogen-bond acceptors (Lipinski definition) is 3. The number of fused-ring (bicyclic) bond motifs is 1. The Kier molecular flexibility index (Phi) is 4.25. The predicted molar refractivity (Wildman–Crippen MR) is 77.8 cm³/mol. The predicted octanol–water partition coefficient (Wildman–Crippen LogP) is 1.17. The maximum atomic E-state index is 12.4. The molecule has 5 nitrogen and oxygen atoms in total. The second-order valence-electron chi connectivity index (χ2n) is 6.25. The molecule has 0 saturated carbocycles. The normalized spacial score (nSPS) is 26.6. The number of halogens is 3. The largest absolute Gasteiger partial charge is 0.406 e. The number of nitrogens with zero attached hydrogens (tertiary/aromatic N) is 1. The summed E-state index contributed by atoms with van der Waals surface area (Å²) < 4.78 is 37.3. The van der Waals surface area contributed by atoms with Crippen molar-refractivity contribution < 1.29 is 27.9 Å². The summed E-state index contributed by atoms with van der Waals surface area (Å²) in [6.45, 7) is -1.60. The molecule has 1 unspecified atom stereocenters. The van der Waals surface area contributed by atoms with Crippen LogP contribution in [0.25, 0.3) is 0 Å². The minimum Gasteiger partial charge on any atom is -0.390 e. The summed E-state index contributed by atoms with van der Waals surface area (Å²) in [7, 11) is 0. The van der Waals surface area contributed by atoms with Crippen molar-refractivity contribution >= 4 is 11.8 Å². The first-order valence-corrected chi connectivity index (χ1v) is 7.65. The van der Waals surface area contributed by atoms with Gasteiger partial charge in [0, 0.05) is 19.4 Å². The molecule has 0 radical (unpaired) electrons. The fourth-order valence-electron chi connectivity index (χ4n) is 3.34. The van der Waals surface area contributed by atoms with Crippen LogP contribution in [0.1, 0.15) is 23.6 Å². The van der Waals surface area contributed by atoms with Crippen LogP contribution in [0.15, 0.2) is 24.3 Å². The zero-order valence-corrected chi connectivity index (χ0v) is 12.7. The number of aliphatic hydroxyl groups excluding tert-OH is 1. The molecule has 24 heavy (non-hydrogen) atoms. The van der Waals surface area contributed by atoms with E-state index >= 15 is 0 Å². The van der Waals surface area contributed by atoms with Crippen molar-refractivity contribution in [3.8, 4) is 0 Å². The Bertz CT molecular complexity index is 662. The van der Waals surface area contributed by atoms with Crippen molar-refractivity contribution in [3.63, 3.8) is 0 Å². The van der Waals surface area contributed by atoms with Gasteiger partial charge in [-0.1, -0.05) is 24.3 Å². The van der Waals surface area contributed by atoms with Crippen LogP contribution < -0.4 is 5.32 Å². The third-order valence-corrected chi connectivity index (χ3v) is 4.46. The van der Waals surface area contributed by atoms with Crippen LogP contribution in [0.2, 0.25) is 0 Å². The lowest BCUT2D eigenvalue weighted by atomic mass is 10.0. The Morgan fingerprint density at radius 3 is 2.71 bits per heavy atom. The second-order valence-corrected chi connectivity index (χ2v) is 6.25. The molecule has 1 fully saturated rings. The van der Waals surface area contributed by atoms with E-state index in [2.05, 4.69) is 5.32 Å². The molecule has 0 bridgehead atoms. The molecule has 1 aromatic carbocycles. The molecular weight excluding hydrogens is 325 g/mol. The van der Waals surface area contributed by atoms with Gasteiger partial charge in [0.05, 0.1) is 18.1 Å². The molecule has 3 atom stereocenters. The number of rotatable bonds is 3. The van der Waals surface area contributed by atoms with Crippen molar-refractivity contribution in [1.82, 2.24) is 10.2 Å². The van der Waals surface area contributed by atoms with Gasteiger partial charge in [-0.15, -0.1) is 0 Å². The van der Waals surface area contributed by atoms with Crippen LogP contribution >= 0.6 is 0 Å². The summed E-state index contributed by atoms with van der Waals surface area (Å²) >= 11 is 0. The van der Waals surface area contributed by atoms with Crippen molar-refractivity contribution in [2.24, 2.45) is 5.92 Å². The van der Waals surface area contributed by atoms with E-state index in [0.29, 0.717) is 11.3 Å². The molecule has 2 aliphatic rings. The summed E-state index contributed by atoms with van der Waals surface area (Å²) in [6, 6.07) is 6.68. The highest BCUT2D eigenvalue weighted by atomic mass is 19.4. The summed E-state index contributed by atoms with van der Waals surface area (Å²) in [4.78, 5) is 24.7. The number of amides is 2. The number of carbonyl (C=O) groups is 2. The first-order chi connectivity index (χ1) is 11.2. The average Bonchev–Trinajstić information content (AvgIpc) is 2.99. The van der Waals surface area contributed by atoms with Crippen molar-refractivity contribution in [2.45, 2.75) is 31.2 Å². The van der Waals surface area contributed by atoms with Gasteiger partial charge in [-0.3, -0.25) is 9.59 Å². The average molecular weight is 342 g/mol. The molecule has 0 aromatic heterocycles. The molecule has 130 valence electrons. The van der Waals surface area contributed by atoms with Crippen LogP contribution in [0.3, 0.4) is 0 Å². The molecule has 3 rings (SSSR count). The van der Waals surface area contributed by atoms with Crippen LogP contribution in [0.5, 0.6) is 0 Å². The lowest BCUT2D eigenvalue weighted by molar-refractivity contribution is -0.157. The van der Waals surface area contributed by atoms with E-state index in [0.717, 1.165) is 11.1 Å². The standard InChI is InChI=1S/C16H17F3N2O3/c17-16(18,19)8-21-7-10(6-13(21)23)15(24)20-14-11-4-2-1-3-9(11)5-12(14)22/h1-4,10,12,14,22H,5-8H2,(H,20,24)/t10?,12-,14+/m1/s1. The molecule has 8 heteroatoms. The highest BCUT2D eigenvalue weighted by Gasteiger charge is 2.42. The molecule has 2 N–H and O–H groups in total. The van der Waals surface area contributed by atoms with Crippen LogP contribution in [-0.2, 0) is 16.0 Å². The third-order valence-electron chi connectivity index (χ3n) is 4.46. The van der Waals surface area contributed by atoms with E-state index < -0.39 is 42.6 Å². The molecule has 1 aromatic rings. The number of alkyl halides is 3. The second kappa shape index (κ2) is 6.08. The minimum atomic E-state index is -4.48. The molecule has 1 saturated heterocycles. The lowest BCUT2D eigenvalue weighted by Gasteiger charge is -2.21. The quantitative estimate of drug-likeness (QED) is 0.866. The number of nitrogens with one attached hydrogen (secondary N) is 1. The van der Waals surface area contributed by atoms with Crippen molar-refractivity contribution in [2.75, 3.05) is 13.1 Å². The summed E-state index contributed by atoms with van der Waals surface area (Å²) in [5.74, 6) is -2.02. The smallest absolute Gasteiger partial charge is 0.390 e. The van der Waals surface area contributed by atoms with Gasteiger partial charge in [0.1, 0.15) is 6.54 Å².